The van der Waals surface area contributed by atoms with Gasteiger partial charge in [0.2, 0.25) is 5.91 Å². The van der Waals surface area contributed by atoms with E-state index in [0.29, 0.717) is 25.1 Å². The first-order valence-electron chi connectivity index (χ1n) is 5.62. The maximum Gasteiger partial charge on any atom is 0.247 e. The van der Waals surface area contributed by atoms with Crippen LogP contribution in [0.15, 0.2) is 24.3 Å². The van der Waals surface area contributed by atoms with E-state index in [-0.39, 0.29) is 11.7 Å². The van der Waals surface area contributed by atoms with E-state index >= 15 is 0 Å². The summed E-state index contributed by atoms with van der Waals surface area (Å²) in [6.45, 7) is 2.25. The number of benzene rings is 1. The van der Waals surface area contributed by atoms with Crippen LogP contribution >= 0.6 is 0 Å². The number of halogens is 1. The van der Waals surface area contributed by atoms with Gasteiger partial charge in [-0.2, -0.15) is 5.26 Å². The first-order valence-corrected chi connectivity index (χ1v) is 5.62. The van der Waals surface area contributed by atoms with Crippen molar-refractivity contribution in [1.82, 2.24) is 0 Å². The highest BCUT2D eigenvalue weighted by Crippen LogP contribution is 2.47. The van der Waals surface area contributed by atoms with Gasteiger partial charge in [0.15, 0.2) is 0 Å². The molecule has 1 aromatic carbocycles. The van der Waals surface area contributed by atoms with Crippen molar-refractivity contribution in [1.29, 1.82) is 5.26 Å². The number of nitrogens with zero attached hydrogens (tertiary/aromatic N) is 2. The van der Waals surface area contributed by atoms with Gasteiger partial charge in [0.25, 0.3) is 0 Å². The first-order chi connectivity index (χ1) is 8.13. The molecule has 1 amide bonds. The minimum absolute atomic E-state index is 0.215. The molecule has 0 unspecified atom stereocenters. The maximum atomic E-state index is 13.1. The topological polar surface area (TPSA) is 44.1 Å². The molecule has 0 radical (unpaired) electrons. The van der Waals surface area contributed by atoms with Crippen LogP contribution in [0.3, 0.4) is 0 Å². The molecule has 1 aliphatic rings. The van der Waals surface area contributed by atoms with Crippen molar-refractivity contribution in [3.8, 4) is 6.07 Å². The summed E-state index contributed by atoms with van der Waals surface area (Å²) in [6, 6.07) is 7.95. The molecular formula is C13H13FN2O. The second kappa shape index (κ2) is 4.17. The monoisotopic (exact) mass is 232 g/mol. The lowest BCUT2D eigenvalue weighted by Crippen LogP contribution is -2.36. The molecule has 0 aliphatic heterocycles. The van der Waals surface area contributed by atoms with Gasteiger partial charge in [-0.05, 0) is 38.0 Å². The zero-order chi connectivity index (χ0) is 12.5. The lowest BCUT2D eigenvalue weighted by molar-refractivity contribution is -0.121. The Balaban J connectivity index is 2.29. The van der Waals surface area contributed by atoms with Crippen molar-refractivity contribution >= 4 is 11.6 Å². The molecular weight excluding hydrogens is 219 g/mol. The van der Waals surface area contributed by atoms with E-state index < -0.39 is 5.41 Å². The van der Waals surface area contributed by atoms with Crippen molar-refractivity contribution in [3.05, 3.63) is 30.1 Å². The van der Waals surface area contributed by atoms with Crippen LogP contribution in [-0.2, 0) is 4.79 Å². The van der Waals surface area contributed by atoms with E-state index in [0.717, 1.165) is 0 Å². The lowest BCUT2D eigenvalue weighted by atomic mass is 10.1. The SMILES string of the molecule is CCN(C(=O)C1(C#N)CC1)c1cccc(F)c1. The average molecular weight is 232 g/mol. The van der Waals surface area contributed by atoms with E-state index in [2.05, 4.69) is 6.07 Å². The predicted octanol–water partition coefficient (Wildman–Crippen LogP) is 2.48. The third kappa shape index (κ3) is 2.01. The number of anilines is 1. The molecule has 1 aromatic rings. The highest BCUT2D eigenvalue weighted by atomic mass is 19.1. The predicted molar refractivity (Wildman–Crippen MR) is 61.7 cm³/mol. The molecule has 3 nitrogen and oxygen atoms in total. The Morgan fingerprint density at radius 3 is 2.76 bits per heavy atom. The van der Waals surface area contributed by atoms with E-state index in [1.54, 1.807) is 12.1 Å². The lowest BCUT2D eigenvalue weighted by Gasteiger charge is -2.23. The third-order valence-electron chi connectivity index (χ3n) is 3.05. The Morgan fingerprint density at radius 1 is 1.59 bits per heavy atom. The van der Waals surface area contributed by atoms with Crippen molar-refractivity contribution < 1.29 is 9.18 Å². The molecule has 2 rings (SSSR count). The van der Waals surface area contributed by atoms with Gasteiger partial charge in [-0.1, -0.05) is 6.07 Å². The molecule has 0 N–H and O–H groups in total. The van der Waals surface area contributed by atoms with Gasteiger partial charge in [0.05, 0.1) is 6.07 Å². The number of nitriles is 1. The fourth-order valence-corrected chi connectivity index (χ4v) is 1.84. The summed E-state index contributed by atoms with van der Waals surface area (Å²) in [5.74, 6) is -0.594. The summed E-state index contributed by atoms with van der Waals surface area (Å²) in [7, 11) is 0. The molecule has 0 atom stereocenters. The van der Waals surface area contributed by atoms with Crippen molar-refractivity contribution in [3.63, 3.8) is 0 Å². The van der Waals surface area contributed by atoms with E-state index in [1.165, 1.54) is 17.0 Å². The second-order valence-corrected chi connectivity index (χ2v) is 4.22. The third-order valence-corrected chi connectivity index (χ3v) is 3.05. The molecule has 0 heterocycles. The first kappa shape index (κ1) is 11.6. The largest absolute Gasteiger partial charge is 0.311 e. The Hall–Kier alpha value is -1.89. The normalized spacial score (nSPS) is 16.1. The summed E-state index contributed by atoms with van der Waals surface area (Å²) in [6.07, 6.45) is 1.21. The van der Waals surface area contributed by atoms with Gasteiger partial charge in [-0.15, -0.1) is 0 Å². The summed E-state index contributed by atoms with van der Waals surface area (Å²) in [5, 5.41) is 9.00. The number of carbonyl (C=O) groups is 1. The molecule has 0 bridgehead atoms. The fraction of sp³-hybridized carbons (Fsp3) is 0.385. The summed E-state index contributed by atoms with van der Waals surface area (Å²) < 4.78 is 13.1. The Labute approximate surface area is 99.5 Å². The molecule has 1 saturated carbocycles. The Morgan fingerprint density at radius 2 is 2.29 bits per heavy atom. The van der Waals surface area contributed by atoms with Crippen molar-refractivity contribution in [2.45, 2.75) is 19.8 Å². The molecule has 88 valence electrons. The van der Waals surface area contributed by atoms with Gasteiger partial charge < -0.3 is 4.90 Å². The number of amides is 1. The number of hydrogen-bond donors (Lipinski definition) is 0. The van der Waals surface area contributed by atoms with E-state index in [1.807, 2.05) is 6.92 Å². The Bertz CT molecular complexity index is 488. The van der Waals surface area contributed by atoms with Crippen LogP contribution in [0.5, 0.6) is 0 Å². The molecule has 0 aromatic heterocycles. The second-order valence-electron chi connectivity index (χ2n) is 4.22. The van der Waals surface area contributed by atoms with Crippen LogP contribution in [0.1, 0.15) is 19.8 Å². The van der Waals surface area contributed by atoms with Crippen LogP contribution in [0, 0.1) is 22.6 Å². The smallest absolute Gasteiger partial charge is 0.247 e. The summed E-state index contributed by atoms with van der Waals surface area (Å²) >= 11 is 0. The maximum absolute atomic E-state index is 13.1. The van der Waals surface area contributed by atoms with Crippen LogP contribution in [-0.4, -0.2) is 12.5 Å². The van der Waals surface area contributed by atoms with Crippen LogP contribution < -0.4 is 4.90 Å². The minimum atomic E-state index is -0.859. The van der Waals surface area contributed by atoms with Gasteiger partial charge in [-0.3, -0.25) is 4.79 Å². The minimum Gasteiger partial charge on any atom is -0.311 e. The van der Waals surface area contributed by atoms with Crippen LogP contribution in [0.25, 0.3) is 0 Å². The molecule has 1 aliphatic carbocycles. The number of hydrogen-bond acceptors (Lipinski definition) is 2. The van der Waals surface area contributed by atoms with Gasteiger partial charge >= 0.3 is 0 Å². The van der Waals surface area contributed by atoms with Crippen LogP contribution in [0.4, 0.5) is 10.1 Å². The highest BCUT2D eigenvalue weighted by Gasteiger charge is 2.52. The van der Waals surface area contributed by atoms with Crippen LogP contribution in [0.2, 0.25) is 0 Å². The van der Waals surface area contributed by atoms with E-state index in [4.69, 9.17) is 5.26 Å². The molecule has 17 heavy (non-hydrogen) atoms. The van der Waals surface area contributed by atoms with Crippen molar-refractivity contribution in [2.75, 3.05) is 11.4 Å². The molecule has 4 heteroatoms. The number of carbonyl (C=O) groups excluding carboxylic acids is 1. The van der Waals surface area contributed by atoms with Gasteiger partial charge in [0.1, 0.15) is 11.2 Å². The standard InChI is InChI=1S/C13H13FN2O/c1-2-16(11-5-3-4-10(14)8-11)12(17)13(9-15)6-7-13/h3-5,8H,2,6-7H2,1H3. The quantitative estimate of drug-likeness (QED) is 0.803. The van der Waals surface area contributed by atoms with E-state index in [9.17, 15) is 9.18 Å². The summed E-state index contributed by atoms with van der Waals surface area (Å²) in [5.41, 5.74) is -0.346. The Kier molecular flexibility index (Phi) is 2.84. The van der Waals surface area contributed by atoms with Gasteiger partial charge in [-0.25, -0.2) is 4.39 Å². The molecule has 0 spiro atoms. The zero-order valence-electron chi connectivity index (χ0n) is 9.61. The zero-order valence-corrected chi connectivity index (χ0v) is 9.61. The van der Waals surface area contributed by atoms with Gasteiger partial charge in [0, 0.05) is 12.2 Å². The molecule has 1 fully saturated rings. The number of rotatable bonds is 3. The average Bonchev–Trinajstić information content (AvgIpc) is 3.11. The van der Waals surface area contributed by atoms with Crippen molar-refractivity contribution in [2.24, 2.45) is 5.41 Å². The fourth-order valence-electron chi connectivity index (χ4n) is 1.84. The highest BCUT2D eigenvalue weighted by molar-refractivity contribution is 6.01. The summed E-state index contributed by atoms with van der Waals surface area (Å²) in [4.78, 5) is 13.7. The molecule has 0 saturated heterocycles.